The number of nitrogens with one attached hydrogen (secondary N) is 2. The van der Waals surface area contributed by atoms with E-state index in [9.17, 15) is 18.0 Å². The highest BCUT2D eigenvalue weighted by Crippen LogP contribution is 2.29. The Hall–Kier alpha value is -1.31. The summed E-state index contributed by atoms with van der Waals surface area (Å²) in [6.07, 6.45) is 0. The first-order valence-electron chi connectivity index (χ1n) is 4.64. The van der Waals surface area contributed by atoms with Crippen molar-refractivity contribution in [2.45, 2.75) is 10.9 Å². The molecule has 0 aromatic heterocycles. The van der Waals surface area contributed by atoms with Gasteiger partial charge in [0.2, 0.25) is 0 Å². The molecule has 1 unspecified atom stereocenters. The molecule has 1 atom stereocenters. The molecule has 0 aliphatic carbocycles. The van der Waals surface area contributed by atoms with Crippen molar-refractivity contribution in [2.24, 2.45) is 0 Å². The van der Waals surface area contributed by atoms with Gasteiger partial charge in [0.1, 0.15) is 6.04 Å². The summed E-state index contributed by atoms with van der Waals surface area (Å²) in [5, 5.41) is 4.50. The maximum absolute atomic E-state index is 11.5. The van der Waals surface area contributed by atoms with Gasteiger partial charge in [0.15, 0.2) is 0 Å². The Kier molecular flexibility index (Phi) is 3.22. The van der Waals surface area contributed by atoms with Crippen LogP contribution in [0, 0.1) is 0 Å². The average Bonchev–Trinajstić information content (AvgIpc) is 2.55. The van der Waals surface area contributed by atoms with Crippen LogP contribution in [0.15, 0.2) is 23.1 Å². The molecule has 1 aliphatic heterocycles. The Bertz CT molecular complexity index is 644. The number of carbonyl (C=O) groups is 2. The van der Waals surface area contributed by atoms with Gasteiger partial charge < -0.3 is 5.32 Å². The molecule has 1 fully saturated rings. The Morgan fingerprint density at radius 2 is 1.89 bits per heavy atom. The van der Waals surface area contributed by atoms with Crippen molar-refractivity contribution in [1.82, 2.24) is 10.6 Å². The zero-order valence-corrected chi connectivity index (χ0v) is 10.9. The lowest BCUT2D eigenvalue weighted by Crippen LogP contribution is -2.22. The molecule has 6 nitrogen and oxygen atoms in total. The second kappa shape index (κ2) is 4.42. The smallest absolute Gasteiger partial charge is 0.322 e. The third kappa shape index (κ3) is 2.43. The summed E-state index contributed by atoms with van der Waals surface area (Å²) < 4.78 is 22.8. The molecule has 1 saturated heterocycles. The Balaban J connectivity index is 2.59. The molecule has 96 valence electrons. The predicted octanol–water partition coefficient (Wildman–Crippen LogP) is 1.15. The van der Waals surface area contributed by atoms with Gasteiger partial charge in [-0.15, -0.1) is 0 Å². The fraction of sp³-hybridized carbons (Fsp3) is 0.111. The van der Waals surface area contributed by atoms with Crippen molar-refractivity contribution >= 4 is 43.3 Å². The first-order valence-corrected chi connectivity index (χ1v) is 7.33. The van der Waals surface area contributed by atoms with Crippen LogP contribution in [0.2, 0.25) is 5.02 Å². The molecule has 9 heteroatoms. The van der Waals surface area contributed by atoms with Crippen molar-refractivity contribution in [1.29, 1.82) is 0 Å². The van der Waals surface area contributed by atoms with Crippen molar-refractivity contribution in [3.63, 3.8) is 0 Å². The summed E-state index contributed by atoms with van der Waals surface area (Å²) in [5.74, 6) is -0.663. The van der Waals surface area contributed by atoms with E-state index in [1.165, 1.54) is 18.2 Å². The summed E-state index contributed by atoms with van der Waals surface area (Å²) in [5.41, 5.74) is 0.0286. The van der Waals surface area contributed by atoms with Crippen molar-refractivity contribution in [3.8, 4) is 0 Å². The van der Waals surface area contributed by atoms with E-state index >= 15 is 0 Å². The van der Waals surface area contributed by atoms with E-state index in [2.05, 4.69) is 5.32 Å². The number of halogens is 2. The molecule has 3 amide bonds. The van der Waals surface area contributed by atoms with Gasteiger partial charge in [0, 0.05) is 21.3 Å². The second-order valence-corrected chi connectivity index (χ2v) is 6.49. The van der Waals surface area contributed by atoms with E-state index in [1.807, 2.05) is 5.32 Å². The molecule has 1 aromatic rings. The quantitative estimate of drug-likeness (QED) is 0.633. The van der Waals surface area contributed by atoms with Crippen LogP contribution in [-0.4, -0.2) is 20.4 Å². The first kappa shape index (κ1) is 13.1. The summed E-state index contributed by atoms with van der Waals surface area (Å²) in [4.78, 5) is 22.3. The molecule has 1 aromatic carbocycles. The number of carbonyl (C=O) groups excluding carboxylic acids is 2. The monoisotopic (exact) mass is 308 g/mol. The number of amides is 3. The fourth-order valence-corrected chi connectivity index (χ4v) is 2.89. The molecule has 0 spiro atoms. The van der Waals surface area contributed by atoms with E-state index in [-0.39, 0.29) is 15.5 Å². The maximum Gasteiger partial charge on any atom is 0.322 e. The van der Waals surface area contributed by atoms with Gasteiger partial charge in [-0.3, -0.25) is 10.1 Å². The molecular weight excluding hydrogens is 303 g/mol. The average molecular weight is 309 g/mol. The summed E-state index contributed by atoms with van der Waals surface area (Å²) in [7, 11) is 1.22. The van der Waals surface area contributed by atoms with Crippen molar-refractivity contribution in [3.05, 3.63) is 28.8 Å². The summed E-state index contributed by atoms with van der Waals surface area (Å²) in [6.45, 7) is 0. The van der Waals surface area contributed by atoms with Gasteiger partial charge in [0.05, 0.1) is 4.90 Å². The lowest BCUT2D eigenvalue weighted by molar-refractivity contribution is -0.120. The third-order valence-corrected chi connectivity index (χ3v) is 3.95. The number of rotatable bonds is 2. The standard InChI is InChI=1S/C9H6Cl2N2O4S/c10-4-1-2-6(18(11,16)17)5(3-4)7-8(14)13-9(15)12-7/h1-3,7H,(H2,12,13,14,15). The summed E-state index contributed by atoms with van der Waals surface area (Å²) >= 11 is 5.75. The van der Waals surface area contributed by atoms with E-state index < -0.39 is 27.0 Å². The molecule has 0 saturated carbocycles. The van der Waals surface area contributed by atoms with Crippen LogP contribution in [0.1, 0.15) is 11.6 Å². The molecule has 0 bridgehead atoms. The minimum Gasteiger partial charge on any atom is -0.322 e. The molecule has 2 rings (SSSR count). The van der Waals surface area contributed by atoms with Crippen LogP contribution in [-0.2, 0) is 13.8 Å². The largest absolute Gasteiger partial charge is 0.322 e. The van der Waals surface area contributed by atoms with Gasteiger partial charge in [0.25, 0.3) is 15.0 Å². The van der Waals surface area contributed by atoms with E-state index in [4.69, 9.17) is 22.3 Å². The molecular formula is C9H6Cl2N2O4S. The molecule has 18 heavy (non-hydrogen) atoms. The van der Waals surface area contributed by atoms with Gasteiger partial charge in [-0.1, -0.05) is 11.6 Å². The zero-order valence-electron chi connectivity index (χ0n) is 8.61. The first-order chi connectivity index (χ1) is 8.29. The van der Waals surface area contributed by atoms with Crippen LogP contribution in [0.3, 0.4) is 0 Å². The predicted molar refractivity (Wildman–Crippen MR) is 63.9 cm³/mol. The van der Waals surface area contributed by atoms with E-state index in [0.717, 1.165) is 0 Å². The molecule has 1 aliphatic rings. The zero-order chi connectivity index (χ0) is 13.5. The molecule has 2 N–H and O–H groups in total. The van der Waals surface area contributed by atoms with Crippen molar-refractivity contribution < 1.29 is 18.0 Å². The van der Waals surface area contributed by atoms with Crippen LogP contribution in [0.25, 0.3) is 0 Å². The SMILES string of the molecule is O=C1NC(=O)C(c2cc(Cl)ccc2S(=O)(=O)Cl)N1. The Morgan fingerprint density at radius 1 is 1.22 bits per heavy atom. The van der Waals surface area contributed by atoms with Gasteiger partial charge in [-0.25, -0.2) is 13.2 Å². The van der Waals surface area contributed by atoms with Crippen LogP contribution in [0.4, 0.5) is 4.79 Å². The topological polar surface area (TPSA) is 92.3 Å². The lowest BCUT2D eigenvalue weighted by Gasteiger charge is -2.11. The van der Waals surface area contributed by atoms with Gasteiger partial charge >= 0.3 is 6.03 Å². The van der Waals surface area contributed by atoms with Crippen molar-refractivity contribution in [2.75, 3.05) is 0 Å². The highest BCUT2D eigenvalue weighted by Gasteiger charge is 2.34. The Morgan fingerprint density at radius 3 is 2.39 bits per heavy atom. The molecule has 1 heterocycles. The van der Waals surface area contributed by atoms with Gasteiger partial charge in [-0.2, -0.15) is 0 Å². The Labute approximate surface area is 112 Å². The number of hydrogen-bond donors (Lipinski definition) is 2. The lowest BCUT2D eigenvalue weighted by atomic mass is 10.1. The van der Waals surface area contributed by atoms with Crippen LogP contribution < -0.4 is 10.6 Å². The van der Waals surface area contributed by atoms with E-state index in [0.29, 0.717) is 0 Å². The minimum atomic E-state index is -4.05. The van der Waals surface area contributed by atoms with Crippen LogP contribution in [0.5, 0.6) is 0 Å². The number of urea groups is 1. The number of benzene rings is 1. The van der Waals surface area contributed by atoms with Crippen LogP contribution >= 0.6 is 22.3 Å². The summed E-state index contributed by atoms with van der Waals surface area (Å²) in [6, 6.07) is 1.95. The van der Waals surface area contributed by atoms with Gasteiger partial charge in [-0.05, 0) is 18.2 Å². The number of imide groups is 1. The maximum atomic E-state index is 11.5. The highest BCUT2D eigenvalue weighted by molar-refractivity contribution is 8.13. The highest BCUT2D eigenvalue weighted by atomic mass is 35.7. The molecule has 0 radical (unpaired) electrons. The second-order valence-electron chi connectivity index (χ2n) is 3.52. The minimum absolute atomic E-state index is 0.0286. The third-order valence-electron chi connectivity index (χ3n) is 2.32. The normalized spacial score (nSPS) is 19.6. The number of hydrogen-bond acceptors (Lipinski definition) is 4. The fourth-order valence-electron chi connectivity index (χ4n) is 1.60. The van der Waals surface area contributed by atoms with E-state index in [1.54, 1.807) is 0 Å².